The molecule has 2 aromatic rings. The van der Waals surface area contributed by atoms with Gasteiger partial charge in [-0.3, -0.25) is 4.98 Å². The first kappa shape index (κ1) is 13.3. The van der Waals surface area contributed by atoms with Crippen LogP contribution in [0.3, 0.4) is 0 Å². The smallest absolute Gasteiger partial charge is 0.178 e. The highest BCUT2D eigenvalue weighted by atomic mass is 32.1. The molecular formula is C14H21N3S. The van der Waals surface area contributed by atoms with Gasteiger partial charge in [0.05, 0.1) is 17.2 Å². The summed E-state index contributed by atoms with van der Waals surface area (Å²) in [5.74, 6) is 0. The fourth-order valence-corrected chi connectivity index (χ4v) is 2.58. The monoisotopic (exact) mass is 263 g/mol. The third kappa shape index (κ3) is 3.19. The highest BCUT2D eigenvalue weighted by Gasteiger charge is 2.03. The standard InChI is InChI=1S/C14H21N3S/c1-2-3-4-5-6-7-10-17-13-8-9-15-11-12(13)16-14(17)18/h8-9,11H,2-7,10H2,1H3,(H,16,18). The second-order valence-corrected chi connectivity index (χ2v) is 5.13. The minimum absolute atomic E-state index is 0.812. The minimum atomic E-state index is 0.812. The second kappa shape index (κ2) is 6.69. The van der Waals surface area contributed by atoms with Gasteiger partial charge in [-0.2, -0.15) is 0 Å². The van der Waals surface area contributed by atoms with Crippen LogP contribution in [0.5, 0.6) is 0 Å². The molecule has 0 atom stereocenters. The Labute approximate surface area is 113 Å². The summed E-state index contributed by atoms with van der Waals surface area (Å²) in [7, 11) is 0. The van der Waals surface area contributed by atoms with Crippen molar-refractivity contribution in [1.29, 1.82) is 0 Å². The van der Waals surface area contributed by atoms with E-state index in [1.807, 2.05) is 18.5 Å². The molecule has 0 amide bonds. The molecule has 0 bridgehead atoms. The molecule has 0 aliphatic carbocycles. The Morgan fingerprint density at radius 2 is 2.00 bits per heavy atom. The molecule has 0 aliphatic heterocycles. The van der Waals surface area contributed by atoms with Crippen LogP contribution in [-0.2, 0) is 6.54 Å². The van der Waals surface area contributed by atoms with E-state index in [2.05, 4.69) is 21.5 Å². The molecule has 18 heavy (non-hydrogen) atoms. The van der Waals surface area contributed by atoms with Gasteiger partial charge in [0.2, 0.25) is 0 Å². The summed E-state index contributed by atoms with van der Waals surface area (Å²) >= 11 is 5.35. The molecule has 4 heteroatoms. The third-order valence-corrected chi connectivity index (χ3v) is 3.63. The molecular weight excluding hydrogens is 242 g/mol. The highest BCUT2D eigenvalue weighted by molar-refractivity contribution is 7.71. The number of H-pyrrole nitrogens is 1. The minimum Gasteiger partial charge on any atom is -0.329 e. The zero-order valence-corrected chi connectivity index (χ0v) is 11.8. The van der Waals surface area contributed by atoms with Gasteiger partial charge in [-0.05, 0) is 24.7 Å². The Hall–Kier alpha value is -1.16. The molecule has 98 valence electrons. The Balaban J connectivity index is 1.91. The van der Waals surface area contributed by atoms with Crippen molar-refractivity contribution in [3.8, 4) is 0 Å². The summed E-state index contributed by atoms with van der Waals surface area (Å²) in [4.78, 5) is 7.31. The summed E-state index contributed by atoms with van der Waals surface area (Å²) in [6.45, 7) is 3.26. The summed E-state index contributed by atoms with van der Waals surface area (Å²) in [6, 6.07) is 2.03. The van der Waals surface area contributed by atoms with Crippen LogP contribution in [0, 0.1) is 4.77 Å². The van der Waals surface area contributed by atoms with Crippen molar-refractivity contribution in [2.75, 3.05) is 0 Å². The lowest BCUT2D eigenvalue weighted by Gasteiger charge is -2.04. The van der Waals surface area contributed by atoms with Crippen molar-refractivity contribution in [3.63, 3.8) is 0 Å². The molecule has 2 heterocycles. The fraction of sp³-hybridized carbons (Fsp3) is 0.571. The topological polar surface area (TPSA) is 33.6 Å². The maximum atomic E-state index is 5.35. The first-order chi connectivity index (χ1) is 8.83. The number of nitrogens with one attached hydrogen (secondary N) is 1. The van der Waals surface area contributed by atoms with E-state index >= 15 is 0 Å². The zero-order valence-electron chi connectivity index (χ0n) is 11.0. The molecule has 0 aromatic carbocycles. The predicted molar refractivity (Wildman–Crippen MR) is 78.3 cm³/mol. The first-order valence-electron chi connectivity index (χ1n) is 6.85. The van der Waals surface area contributed by atoms with E-state index < -0.39 is 0 Å². The van der Waals surface area contributed by atoms with Crippen LogP contribution in [0.25, 0.3) is 11.0 Å². The van der Waals surface area contributed by atoms with Crippen LogP contribution >= 0.6 is 12.2 Å². The zero-order chi connectivity index (χ0) is 12.8. The number of nitrogens with zero attached hydrogens (tertiary/aromatic N) is 2. The van der Waals surface area contributed by atoms with Gasteiger partial charge in [0.15, 0.2) is 4.77 Å². The number of unbranched alkanes of at least 4 members (excludes halogenated alkanes) is 5. The van der Waals surface area contributed by atoms with Gasteiger partial charge >= 0.3 is 0 Å². The maximum absolute atomic E-state index is 5.35. The van der Waals surface area contributed by atoms with E-state index in [-0.39, 0.29) is 0 Å². The maximum Gasteiger partial charge on any atom is 0.178 e. The second-order valence-electron chi connectivity index (χ2n) is 4.74. The number of hydrogen-bond donors (Lipinski definition) is 1. The quantitative estimate of drug-likeness (QED) is 0.591. The van der Waals surface area contributed by atoms with Gasteiger partial charge < -0.3 is 9.55 Å². The summed E-state index contributed by atoms with van der Waals surface area (Å²) in [5.41, 5.74) is 2.21. The molecule has 0 radical (unpaired) electrons. The van der Waals surface area contributed by atoms with E-state index in [1.54, 1.807) is 0 Å². The van der Waals surface area contributed by atoms with Crippen LogP contribution in [0.1, 0.15) is 45.4 Å². The van der Waals surface area contributed by atoms with Gasteiger partial charge in [0.1, 0.15) is 0 Å². The Morgan fingerprint density at radius 3 is 2.83 bits per heavy atom. The number of aryl methyl sites for hydroxylation is 1. The number of imidazole rings is 1. The molecule has 3 nitrogen and oxygen atoms in total. The van der Waals surface area contributed by atoms with E-state index in [9.17, 15) is 0 Å². The molecule has 0 aliphatic rings. The molecule has 0 unspecified atom stereocenters. The summed E-state index contributed by atoms with van der Waals surface area (Å²) in [6.07, 6.45) is 11.5. The number of aromatic nitrogens is 3. The number of rotatable bonds is 7. The highest BCUT2D eigenvalue weighted by Crippen LogP contribution is 2.14. The van der Waals surface area contributed by atoms with Crippen molar-refractivity contribution >= 4 is 23.3 Å². The van der Waals surface area contributed by atoms with E-state index in [0.717, 1.165) is 16.8 Å². The van der Waals surface area contributed by atoms with Crippen molar-refractivity contribution in [2.24, 2.45) is 0 Å². The number of hydrogen-bond acceptors (Lipinski definition) is 2. The lowest BCUT2D eigenvalue weighted by Crippen LogP contribution is -1.98. The Morgan fingerprint density at radius 1 is 1.22 bits per heavy atom. The fourth-order valence-electron chi connectivity index (χ4n) is 2.28. The predicted octanol–water partition coefficient (Wildman–Crippen LogP) is 4.45. The average Bonchev–Trinajstić information content (AvgIpc) is 2.70. The average molecular weight is 263 g/mol. The third-order valence-electron chi connectivity index (χ3n) is 3.31. The van der Waals surface area contributed by atoms with Gasteiger partial charge in [0.25, 0.3) is 0 Å². The van der Waals surface area contributed by atoms with E-state index in [1.165, 1.54) is 44.0 Å². The SMILES string of the molecule is CCCCCCCCn1c(=S)[nH]c2cnccc21. The van der Waals surface area contributed by atoms with Crippen LogP contribution in [0.15, 0.2) is 18.5 Å². The van der Waals surface area contributed by atoms with Crippen molar-refractivity contribution in [1.82, 2.24) is 14.5 Å². The van der Waals surface area contributed by atoms with Gasteiger partial charge in [-0.25, -0.2) is 0 Å². The first-order valence-corrected chi connectivity index (χ1v) is 7.26. The lowest BCUT2D eigenvalue weighted by atomic mass is 10.1. The molecule has 2 rings (SSSR count). The Kier molecular flexibility index (Phi) is 4.93. The van der Waals surface area contributed by atoms with Gasteiger partial charge in [0, 0.05) is 12.7 Å². The van der Waals surface area contributed by atoms with Gasteiger partial charge in [-0.15, -0.1) is 0 Å². The number of pyridine rings is 1. The number of aromatic amines is 1. The lowest BCUT2D eigenvalue weighted by molar-refractivity contribution is 0.561. The molecule has 1 N–H and O–H groups in total. The molecule has 0 saturated carbocycles. The van der Waals surface area contributed by atoms with E-state index in [4.69, 9.17) is 12.2 Å². The largest absolute Gasteiger partial charge is 0.329 e. The van der Waals surface area contributed by atoms with Crippen molar-refractivity contribution in [2.45, 2.75) is 52.0 Å². The summed E-state index contributed by atoms with van der Waals surface area (Å²) < 4.78 is 3.00. The van der Waals surface area contributed by atoms with Crippen LogP contribution in [0.2, 0.25) is 0 Å². The van der Waals surface area contributed by atoms with Gasteiger partial charge in [-0.1, -0.05) is 39.0 Å². The Bertz CT molecular complexity index is 541. The van der Waals surface area contributed by atoms with Crippen molar-refractivity contribution < 1.29 is 0 Å². The van der Waals surface area contributed by atoms with Crippen LogP contribution in [0.4, 0.5) is 0 Å². The summed E-state index contributed by atoms with van der Waals surface area (Å²) in [5, 5.41) is 0. The van der Waals surface area contributed by atoms with E-state index in [0.29, 0.717) is 0 Å². The number of fused-ring (bicyclic) bond motifs is 1. The molecule has 0 spiro atoms. The van der Waals surface area contributed by atoms with Crippen LogP contribution < -0.4 is 0 Å². The van der Waals surface area contributed by atoms with Crippen LogP contribution in [-0.4, -0.2) is 14.5 Å². The molecule has 0 saturated heterocycles. The normalized spacial score (nSPS) is 11.2. The molecule has 2 aromatic heterocycles. The molecule has 0 fully saturated rings. The van der Waals surface area contributed by atoms with Crippen molar-refractivity contribution in [3.05, 3.63) is 23.2 Å².